The Hall–Kier alpha value is -2.55. The van der Waals surface area contributed by atoms with E-state index < -0.39 is 38.0 Å². The minimum Gasteiger partial charge on any atom is -0.280 e. The second kappa shape index (κ2) is 6.06. The van der Waals surface area contributed by atoms with Crippen molar-refractivity contribution in [1.82, 2.24) is 0 Å². The van der Waals surface area contributed by atoms with Crippen molar-refractivity contribution in [2.75, 3.05) is 4.72 Å². The van der Waals surface area contributed by atoms with Crippen LogP contribution in [-0.2, 0) is 15.8 Å². The molecule has 2 aromatic carbocycles. The third kappa shape index (κ3) is 3.98. The Labute approximate surface area is 124 Å². The largest absolute Gasteiger partial charge is 0.280 e. The molecule has 2 aromatic rings. The molecular formula is C13H10F2N2O4S. The van der Waals surface area contributed by atoms with Gasteiger partial charge in [0.1, 0.15) is 11.6 Å². The van der Waals surface area contributed by atoms with Gasteiger partial charge in [0.05, 0.1) is 16.4 Å². The highest BCUT2D eigenvalue weighted by Gasteiger charge is 2.16. The number of nitro groups is 1. The third-order valence-electron chi connectivity index (χ3n) is 2.67. The van der Waals surface area contributed by atoms with Gasteiger partial charge in [-0.05, 0) is 17.7 Å². The van der Waals surface area contributed by atoms with Crippen LogP contribution >= 0.6 is 0 Å². The maximum atomic E-state index is 13.4. The van der Waals surface area contributed by atoms with Crippen molar-refractivity contribution in [3.05, 3.63) is 69.8 Å². The number of sulfonamides is 1. The maximum Gasteiger partial charge on any atom is 0.269 e. The molecule has 0 aromatic heterocycles. The molecule has 0 saturated heterocycles. The number of hydrogen-bond acceptors (Lipinski definition) is 4. The van der Waals surface area contributed by atoms with Gasteiger partial charge in [0, 0.05) is 18.2 Å². The zero-order chi connectivity index (χ0) is 16.3. The molecule has 0 saturated carbocycles. The minimum absolute atomic E-state index is 0.171. The molecule has 0 amide bonds. The zero-order valence-electron chi connectivity index (χ0n) is 11.0. The van der Waals surface area contributed by atoms with Crippen LogP contribution in [0.4, 0.5) is 20.2 Å². The van der Waals surface area contributed by atoms with E-state index in [1.54, 1.807) is 0 Å². The van der Waals surface area contributed by atoms with Gasteiger partial charge < -0.3 is 0 Å². The Morgan fingerprint density at radius 3 is 2.50 bits per heavy atom. The molecule has 0 aliphatic carbocycles. The lowest BCUT2D eigenvalue weighted by Gasteiger charge is -2.09. The van der Waals surface area contributed by atoms with Crippen LogP contribution in [-0.4, -0.2) is 13.3 Å². The van der Waals surface area contributed by atoms with Crippen molar-refractivity contribution in [3.8, 4) is 0 Å². The lowest BCUT2D eigenvalue weighted by molar-refractivity contribution is -0.384. The summed E-state index contributed by atoms with van der Waals surface area (Å²) in [5, 5.41) is 10.6. The molecule has 1 N–H and O–H groups in total. The molecule has 6 nitrogen and oxygen atoms in total. The van der Waals surface area contributed by atoms with Gasteiger partial charge in [-0.3, -0.25) is 14.8 Å². The molecule has 22 heavy (non-hydrogen) atoms. The summed E-state index contributed by atoms with van der Waals surface area (Å²) in [4.78, 5) is 9.99. The van der Waals surface area contributed by atoms with Crippen LogP contribution < -0.4 is 4.72 Å². The van der Waals surface area contributed by atoms with Crippen molar-refractivity contribution in [2.45, 2.75) is 5.75 Å². The first-order chi connectivity index (χ1) is 10.3. The van der Waals surface area contributed by atoms with Crippen LogP contribution in [0.5, 0.6) is 0 Å². The normalized spacial score (nSPS) is 11.2. The van der Waals surface area contributed by atoms with Crippen LogP contribution in [0.15, 0.2) is 42.5 Å². The number of rotatable bonds is 5. The standard InChI is InChI=1S/C13H10F2N2O4S/c14-10-4-5-13(12(15)7-10)16-22(20,21)8-9-2-1-3-11(6-9)17(18)19/h1-7,16H,8H2. The van der Waals surface area contributed by atoms with Crippen LogP contribution in [0.1, 0.15) is 5.56 Å². The van der Waals surface area contributed by atoms with Crippen LogP contribution in [0.3, 0.4) is 0 Å². The molecule has 0 unspecified atom stereocenters. The van der Waals surface area contributed by atoms with E-state index in [2.05, 4.69) is 0 Å². The monoisotopic (exact) mass is 328 g/mol. The fraction of sp³-hybridized carbons (Fsp3) is 0.0769. The number of nitro benzene ring substituents is 1. The third-order valence-corrected chi connectivity index (χ3v) is 3.92. The average molecular weight is 328 g/mol. The fourth-order valence-electron chi connectivity index (χ4n) is 1.76. The summed E-state index contributed by atoms with van der Waals surface area (Å²) >= 11 is 0. The van der Waals surface area contributed by atoms with E-state index in [1.165, 1.54) is 18.2 Å². The molecule has 9 heteroatoms. The van der Waals surface area contributed by atoms with Gasteiger partial charge in [-0.2, -0.15) is 0 Å². The van der Waals surface area contributed by atoms with Crippen molar-refractivity contribution in [3.63, 3.8) is 0 Å². The first kappa shape index (κ1) is 15.8. The highest BCUT2D eigenvalue weighted by Crippen LogP contribution is 2.19. The van der Waals surface area contributed by atoms with Gasteiger partial charge in [0.2, 0.25) is 10.0 Å². The molecule has 0 spiro atoms. The van der Waals surface area contributed by atoms with Crippen molar-refractivity contribution >= 4 is 21.4 Å². The Morgan fingerprint density at radius 1 is 1.14 bits per heavy atom. The molecule has 0 atom stereocenters. The Balaban J connectivity index is 2.21. The summed E-state index contributed by atoms with van der Waals surface area (Å²) in [7, 11) is -4.00. The summed E-state index contributed by atoms with van der Waals surface area (Å²) in [5.74, 6) is -2.47. The van der Waals surface area contributed by atoms with Gasteiger partial charge in [0.25, 0.3) is 5.69 Å². The smallest absolute Gasteiger partial charge is 0.269 e. The summed E-state index contributed by atoms with van der Waals surface area (Å²) in [6.07, 6.45) is 0. The van der Waals surface area contributed by atoms with Crippen LogP contribution in [0, 0.1) is 21.7 Å². The highest BCUT2D eigenvalue weighted by molar-refractivity contribution is 7.91. The second-order valence-corrected chi connectivity index (χ2v) is 6.13. The molecule has 2 rings (SSSR count). The quantitative estimate of drug-likeness (QED) is 0.675. The highest BCUT2D eigenvalue weighted by atomic mass is 32.2. The maximum absolute atomic E-state index is 13.4. The predicted octanol–water partition coefficient (Wildman–Crippen LogP) is 2.81. The fourth-order valence-corrected chi connectivity index (χ4v) is 2.95. The van der Waals surface area contributed by atoms with Gasteiger partial charge in [-0.25, -0.2) is 17.2 Å². The van der Waals surface area contributed by atoms with E-state index in [0.717, 1.165) is 18.2 Å². The topological polar surface area (TPSA) is 89.3 Å². The molecule has 0 aliphatic rings. The number of benzene rings is 2. The molecule has 0 heterocycles. The zero-order valence-corrected chi connectivity index (χ0v) is 11.8. The predicted molar refractivity (Wildman–Crippen MR) is 75.7 cm³/mol. The van der Waals surface area contributed by atoms with Gasteiger partial charge in [-0.1, -0.05) is 12.1 Å². The molecule has 0 bridgehead atoms. The van der Waals surface area contributed by atoms with Gasteiger partial charge in [0.15, 0.2) is 0 Å². The lowest BCUT2D eigenvalue weighted by Crippen LogP contribution is -2.16. The first-order valence-corrected chi connectivity index (χ1v) is 7.61. The van der Waals surface area contributed by atoms with E-state index in [4.69, 9.17) is 0 Å². The molecule has 0 radical (unpaired) electrons. The Bertz CT molecular complexity index is 825. The Kier molecular flexibility index (Phi) is 4.36. The minimum atomic E-state index is -4.00. The molecular weight excluding hydrogens is 318 g/mol. The van der Waals surface area contributed by atoms with Crippen molar-refractivity contribution in [1.29, 1.82) is 0 Å². The number of hydrogen-bond donors (Lipinski definition) is 1. The van der Waals surface area contributed by atoms with E-state index in [1.807, 2.05) is 4.72 Å². The van der Waals surface area contributed by atoms with Gasteiger partial charge in [-0.15, -0.1) is 0 Å². The molecule has 116 valence electrons. The Morgan fingerprint density at radius 2 is 1.86 bits per heavy atom. The first-order valence-electron chi connectivity index (χ1n) is 5.96. The van der Waals surface area contributed by atoms with E-state index in [-0.39, 0.29) is 11.3 Å². The average Bonchev–Trinajstić information content (AvgIpc) is 2.41. The summed E-state index contributed by atoms with van der Waals surface area (Å²) in [5.41, 5.74) is -0.475. The van der Waals surface area contributed by atoms with Gasteiger partial charge >= 0.3 is 0 Å². The summed E-state index contributed by atoms with van der Waals surface area (Å²) in [6, 6.07) is 7.49. The SMILES string of the molecule is O=[N+]([O-])c1cccc(CS(=O)(=O)Nc2ccc(F)cc2F)c1. The van der Waals surface area contributed by atoms with Crippen LogP contribution in [0.2, 0.25) is 0 Å². The number of non-ortho nitro benzene ring substituents is 1. The second-order valence-electron chi connectivity index (χ2n) is 4.41. The number of nitrogens with one attached hydrogen (secondary N) is 1. The van der Waals surface area contributed by atoms with E-state index >= 15 is 0 Å². The molecule has 0 aliphatic heterocycles. The lowest BCUT2D eigenvalue weighted by atomic mass is 10.2. The van der Waals surface area contributed by atoms with Crippen molar-refractivity contribution in [2.24, 2.45) is 0 Å². The number of nitrogens with zero attached hydrogens (tertiary/aromatic N) is 1. The summed E-state index contributed by atoms with van der Waals surface area (Å²) < 4.78 is 52.1. The number of anilines is 1. The van der Waals surface area contributed by atoms with Crippen LogP contribution in [0.25, 0.3) is 0 Å². The van der Waals surface area contributed by atoms with E-state index in [0.29, 0.717) is 6.07 Å². The molecule has 0 fully saturated rings. The van der Waals surface area contributed by atoms with Crippen molar-refractivity contribution < 1.29 is 22.1 Å². The summed E-state index contributed by atoms with van der Waals surface area (Å²) in [6.45, 7) is 0. The number of halogens is 2. The van der Waals surface area contributed by atoms with E-state index in [9.17, 15) is 27.3 Å².